The standard InChI is InChI=1S/C22H28N2O4S/c1-27-20-13-19(18-5-3-17(16-23)4-6-18)14-21(15-20)29(25,26)24-10-8-22(9-11-24)7-2-12-28-22/h3-6,13-15H,2,7-12,16,23H2,1H3. The topological polar surface area (TPSA) is 81.9 Å². The lowest BCUT2D eigenvalue weighted by Gasteiger charge is -2.37. The van der Waals surface area contributed by atoms with Gasteiger partial charge in [0.25, 0.3) is 0 Å². The van der Waals surface area contributed by atoms with E-state index >= 15 is 0 Å². The van der Waals surface area contributed by atoms with Gasteiger partial charge in [-0.2, -0.15) is 4.31 Å². The Morgan fingerprint density at radius 3 is 2.38 bits per heavy atom. The maximum Gasteiger partial charge on any atom is 0.243 e. The van der Waals surface area contributed by atoms with Crippen LogP contribution in [0.15, 0.2) is 47.4 Å². The average molecular weight is 417 g/mol. The quantitative estimate of drug-likeness (QED) is 0.810. The molecule has 2 N–H and O–H groups in total. The molecule has 6 nitrogen and oxygen atoms in total. The Labute approximate surface area is 172 Å². The molecule has 4 rings (SSSR count). The number of benzene rings is 2. The van der Waals surface area contributed by atoms with Crippen molar-refractivity contribution in [3.8, 4) is 16.9 Å². The number of hydrogen-bond donors (Lipinski definition) is 1. The highest BCUT2D eigenvalue weighted by Gasteiger charge is 2.41. The Kier molecular flexibility index (Phi) is 5.66. The maximum absolute atomic E-state index is 13.4. The third-order valence-corrected chi connectivity index (χ3v) is 7.97. The summed E-state index contributed by atoms with van der Waals surface area (Å²) in [5, 5.41) is 0. The fraction of sp³-hybridized carbons (Fsp3) is 0.455. The first-order valence-electron chi connectivity index (χ1n) is 10.1. The summed E-state index contributed by atoms with van der Waals surface area (Å²) in [6, 6.07) is 13.0. The van der Waals surface area contributed by atoms with E-state index in [0.717, 1.165) is 49.0 Å². The molecular formula is C22H28N2O4S. The molecule has 2 heterocycles. The Morgan fingerprint density at radius 2 is 1.79 bits per heavy atom. The summed E-state index contributed by atoms with van der Waals surface area (Å²) in [7, 11) is -2.06. The van der Waals surface area contributed by atoms with E-state index in [0.29, 0.717) is 25.4 Å². The minimum Gasteiger partial charge on any atom is -0.497 e. The van der Waals surface area contributed by atoms with Gasteiger partial charge in [-0.25, -0.2) is 8.42 Å². The molecule has 0 unspecified atom stereocenters. The van der Waals surface area contributed by atoms with E-state index in [9.17, 15) is 8.42 Å². The number of ether oxygens (including phenoxy) is 2. The molecule has 0 radical (unpaired) electrons. The van der Waals surface area contributed by atoms with Crippen LogP contribution in [0.2, 0.25) is 0 Å². The molecule has 0 atom stereocenters. The predicted molar refractivity (Wildman–Crippen MR) is 112 cm³/mol. The van der Waals surface area contributed by atoms with Crippen molar-refractivity contribution in [1.29, 1.82) is 0 Å². The molecule has 0 aliphatic carbocycles. The molecule has 1 spiro atoms. The zero-order valence-corrected chi connectivity index (χ0v) is 17.6. The fourth-order valence-corrected chi connectivity index (χ4v) is 5.77. The van der Waals surface area contributed by atoms with Crippen LogP contribution >= 0.6 is 0 Å². The highest BCUT2D eigenvalue weighted by atomic mass is 32.2. The Bertz CT molecular complexity index is 957. The van der Waals surface area contributed by atoms with Gasteiger partial charge >= 0.3 is 0 Å². The summed E-state index contributed by atoms with van der Waals surface area (Å²) in [5.41, 5.74) is 8.32. The van der Waals surface area contributed by atoms with Gasteiger partial charge in [0, 0.05) is 32.3 Å². The number of rotatable bonds is 5. The average Bonchev–Trinajstić information content (AvgIpc) is 3.21. The van der Waals surface area contributed by atoms with Gasteiger partial charge in [0.1, 0.15) is 5.75 Å². The van der Waals surface area contributed by atoms with Crippen LogP contribution in [0.5, 0.6) is 5.75 Å². The number of sulfonamides is 1. The van der Waals surface area contributed by atoms with Crippen molar-refractivity contribution >= 4 is 10.0 Å². The zero-order chi connectivity index (χ0) is 20.5. The van der Waals surface area contributed by atoms with E-state index in [1.165, 1.54) is 0 Å². The Morgan fingerprint density at radius 1 is 1.07 bits per heavy atom. The highest BCUT2D eigenvalue weighted by Crippen LogP contribution is 2.38. The summed E-state index contributed by atoms with van der Waals surface area (Å²) in [4.78, 5) is 0.262. The van der Waals surface area contributed by atoms with Gasteiger partial charge in [0.15, 0.2) is 0 Å². The Hall–Kier alpha value is -1.93. The van der Waals surface area contributed by atoms with Crippen LogP contribution < -0.4 is 10.5 Å². The van der Waals surface area contributed by atoms with E-state index in [1.54, 1.807) is 23.5 Å². The SMILES string of the molecule is COc1cc(-c2ccc(CN)cc2)cc(S(=O)(=O)N2CCC3(CCCO3)CC2)c1. The van der Waals surface area contributed by atoms with Gasteiger partial charge in [-0.3, -0.25) is 0 Å². The lowest BCUT2D eigenvalue weighted by molar-refractivity contribution is -0.0309. The van der Waals surface area contributed by atoms with Crippen molar-refractivity contribution in [2.75, 3.05) is 26.8 Å². The smallest absolute Gasteiger partial charge is 0.243 e. The fourth-order valence-electron chi connectivity index (χ4n) is 4.27. The largest absolute Gasteiger partial charge is 0.497 e. The summed E-state index contributed by atoms with van der Waals surface area (Å²) >= 11 is 0. The van der Waals surface area contributed by atoms with Crippen molar-refractivity contribution in [2.24, 2.45) is 5.73 Å². The van der Waals surface area contributed by atoms with Gasteiger partial charge in [-0.05, 0) is 54.5 Å². The monoisotopic (exact) mass is 416 g/mol. The van der Waals surface area contributed by atoms with Crippen LogP contribution in [0, 0.1) is 0 Å². The third kappa shape index (κ3) is 4.05. The predicted octanol–water partition coefficient (Wildman–Crippen LogP) is 3.15. The number of nitrogens with two attached hydrogens (primary N) is 1. The van der Waals surface area contributed by atoms with Gasteiger partial charge in [-0.1, -0.05) is 24.3 Å². The molecule has 2 aromatic rings. The Balaban J connectivity index is 1.62. The van der Waals surface area contributed by atoms with Gasteiger partial charge < -0.3 is 15.2 Å². The van der Waals surface area contributed by atoms with Gasteiger partial charge in [0.2, 0.25) is 10.0 Å². The van der Waals surface area contributed by atoms with Gasteiger partial charge in [0.05, 0.1) is 17.6 Å². The lowest BCUT2D eigenvalue weighted by Crippen LogP contribution is -2.46. The number of nitrogens with zero attached hydrogens (tertiary/aromatic N) is 1. The maximum atomic E-state index is 13.4. The number of hydrogen-bond acceptors (Lipinski definition) is 5. The second-order valence-corrected chi connectivity index (χ2v) is 9.78. The van der Waals surface area contributed by atoms with E-state index in [-0.39, 0.29) is 10.5 Å². The summed E-state index contributed by atoms with van der Waals surface area (Å²) in [6.45, 7) is 2.23. The molecule has 2 aromatic carbocycles. The molecule has 156 valence electrons. The molecule has 0 bridgehead atoms. The van der Waals surface area contributed by atoms with Crippen LogP contribution in [0.1, 0.15) is 31.2 Å². The first-order valence-corrected chi connectivity index (χ1v) is 11.5. The van der Waals surface area contributed by atoms with Crippen LogP contribution in [-0.4, -0.2) is 45.1 Å². The van der Waals surface area contributed by atoms with E-state index in [4.69, 9.17) is 15.2 Å². The minimum atomic E-state index is -3.61. The molecule has 29 heavy (non-hydrogen) atoms. The highest BCUT2D eigenvalue weighted by molar-refractivity contribution is 7.89. The van der Waals surface area contributed by atoms with Crippen LogP contribution in [-0.2, 0) is 21.3 Å². The molecule has 2 saturated heterocycles. The first kappa shape index (κ1) is 20.3. The third-order valence-electron chi connectivity index (χ3n) is 6.10. The van der Waals surface area contributed by atoms with Crippen molar-refractivity contribution < 1.29 is 17.9 Å². The second kappa shape index (κ2) is 8.07. The molecular weight excluding hydrogens is 388 g/mol. The van der Waals surface area contributed by atoms with E-state index in [2.05, 4.69) is 0 Å². The molecule has 7 heteroatoms. The minimum absolute atomic E-state index is 0.115. The summed E-state index contributed by atoms with van der Waals surface area (Å²) in [6.07, 6.45) is 3.60. The van der Waals surface area contributed by atoms with Crippen molar-refractivity contribution in [3.05, 3.63) is 48.0 Å². The molecule has 0 amide bonds. The molecule has 0 saturated carbocycles. The zero-order valence-electron chi connectivity index (χ0n) is 16.8. The first-order chi connectivity index (χ1) is 14.0. The van der Waals surface area contributed by atoms with Crippen LogP contribution in [0.25, 0.3) is 11.1 Å². The molecule has 2 aliphatic heterocycles. The van der Waals surface area contributed by atoms with E-state index < -0.39 is 10.0 Å². The van der Waals surface area contributed by atoms with Crippen LogP contribution in [0.3, 0.4) is 0 Å². The normalized spacial score (nSPS) is 19.5. The van der Waals surface area contributed by atoms with Gasteiger partial charge in [-0.15, -0.1) is 0 Å². The molecule has 0 aromatic heterocycles. The lowest BCUT2D eigenvalue weighted by atomic mass is 9.90. The van der Waals surface area contributed by atoms with Crippen molar-refractivity contribution in [3.63, 3.8) is 0 Å². The van der Waals surface area contributed by atoms with Crippen molar-refractivity contribution in [2.45, 2.75) is 42.7 Å². The number of piperidine rings is 1. The van der Waals surface area contributed by atoms with Crippen molar-refractivity contribution in [1.82, 2.24) is 4.31 Å². The van der Waals surface area contributed by atoms with E-state index in [1.807, 2.05) is 30.3 Å². The summed E-state index contributed by atoms with van der Waals surface area (Å²) < 4.78 is 39.6. The number of methoxy groups -OCH3 is 1. The summed E-state index contributed by atoms with van der Waals surface area (Å²) in [5.74, 6) is 0.525. The second-order valence-electron chi connectivity index (χ2n) is 7.84. The molecule has 2 fully saturated rings. The molecule has 2 aliphatic rings. The van der Waals surface area contributed by atoms with Crippen LogP contribution in [0.4, 0.5) is 0 Å².